The highest BCUT2D eigenvalue weighted by Crippen LogP contribution is 2.43. The Bertz CT molecular complexity index is 1580. The number of β-amino-alcohol motifs (C(OH)–C–C–N with tert-alkyl or cyclic N) is 1. The number of ether oxygens (including phenoxy) is 3. The molecule has 2 aromatic carbocycles. The Balaban J connectivity index is 1.19. The first kappa shape index (κ1) is 26.6. The van der Waals surface area contributed by atoms with Crippen LogP contribution in [0.2, 0.25) is 0 Å². The lowest BCUT2D eigenvalue weighted by Gasteiger charge is -2.40. The van der Waals surface area contributed by atoms with E-state index in [4.69, 9.17) is 14.2 Å². The van der Waals surface area contributed by atoms with E-state index in [1.807, 2.05) is 17.9 Å². The summed E-state index contributed by atoms with van der Waals surface area (Å²) in [5.74, 6) is -4.61. The molecule has 2 aliphatic heterocycles. The van der Waals surface area contributed by atoms with Gasteiger partial charge in [0.25, 0.3) is 0 Å². The number of piperidine rings is 1. The second-order valence-electron chi connectivity index (χ2n) is 10.1. The second-order valence-corrected chi connectivity index (χ2v) is 11.2. The Morgan fingerprint density at radius 2 is 1.90 bits per heavy atom. The van der Waals surface area contributed by atoms with E-state index in [1.54, 1.807) is 36.5 Å². The fourth-order valence-corrected chi connectivity index (χ4v) is 6.76. The van der Waals surface area contributed by atoms with Crippen LogP contribution >= 0.6 is 11.3 Å². The number of rotatable bonds is 6. The van der Waals surface area contributed by atoms with Crippen LogP contribution in [0.1, 0.15) is 36.1 Å². The smallest absolute Gasteiger partial charge is 0.418 e. The zero-order chi connectivity index (χ0) is 28.2. The third-order valence-corrected chi connectivity index (χ3v) is 8.82. The highest BCUT2D eigenvalue weighted by Gasteiger charge is 2.58. The van der Waals surface area contributed by atoms with E-state index in [-0.39, 0.29) is 29.6 Å². The van der Waals surface area contributed by atoms with E-state index in [9.17, 15) is 27.9 Å². The van der Waals surface area contributed by atoms with Crippen molar-refractivity contribution in [2.75, 3.05) is 13.1 Å². The van der Waals surface area contributed by atoms with Gasteiger partial charge in [-0.1, -0.05) is 12.1 Å². The number of fused-ring (bicyclic) bond motifs is 2. The number of aliphatic hydroxyl groups excluding tert-OH is 1. The lowest BCUT2D eigenvalue weighted by molar-refractivity contribution is -0.319. The van der Waals surface area contributed by atoms with Crippen molar-refractivity contribution >= 4 is 44.3 Å². The third kappa shape index (κ3) is 4.69. The van der Waals surface area contributed by atoms with Crippen LogP contribution in [0.25, 0.3) is 21.0 Å². The number of H-pyrrole nitrogens is 1. The third-order valence-electron chi connectivity index (χ3n) is 7.56. The molecule has 0 unspecified atom stereocenters. The number of alkyl halides is 3. The Morgan fingerprint density at radius 3 is 2.62 bits per heavy atom. The number of nitrogens with zero attached hydrogens (tertiary/aromatic N) is 1. The number of hydrogen-bond acceptors (Lipinski definition) is 8. The first-order valence-corrected chi connectivity index (χ1v) is 13.6. The number of esters is 2. The lowest BCUT2D eigenvalue weighted by Crippen LogP contribution is -2.56. The SMILES string of the molecule is C[C@H]1C[C@@H](c2cc3c(C(F)(F)F)cccc3s2)CCN1C[C@H](O)C1(Oc2cccc3[nH]ccc23)OC(=O)C(=O)O1. The number of cyclic esters (lactones) is 2. The van der Waals surface area contributed by atoms with E-state index in [0.29, 0.717) is 29.5 Å². The van der Waals surface area contributed by atoms with Crippen LogP contribution in [-0.4, -0.2) is 58.1 Å². The quantitative estimate of drug-likeness (QED) is 0.242. The maximum atomic E-state index is 13.5. The number of hydrogen-bond donors (Lipinski definition) is 2. The minimum atomic E-state index is -4.43. The van der Waals surface area contributed by atoms with Crippen molar-refractivity contribution in [3.8, 4) is 5.75 Å². The van der Waals surface area contributed by atoms with E-state index >= 15 is 0 Å². The van der Waals surface area contributed by atoms with Crippen molar-refractivity contribution in [1.29, 1.82) is 0 Å². The number of halogens is 3. The summed E-state index contributed by atoms with van der Waals surface area (Å²) >= 11 is 1.37. The Hall–Kier alpha value is -3.61. The molecule has 0 bridgehead atoms. The van der Waals surface area contributed by atoms with Gasteiger partial charge in [-0.2, -0.15) is 13.2 Å². The molecule has 210 valence electrons. The molecule has 4 heterocycles. The number of nitrogens with one attached hydrogen (secondary N) is 1. The van der Waals surface area contributed by atoms with E-state index in [2.05, 4.69) is 4.98 Å². The van der Waals surface area contributed by atoms with Crippen molar-refractivity contribution in [2.24, 2.45) is 0 Å². The molecule has 2 fully saturated rings. The largest absolute Gasteiger partial charge is 0.451 e. The van der Waals surface area contributed by atoms with Gasteiger partial charge in [-0.05, 0) is 68.6 Å². The predicted molar refractivity (Wildman–Crippen MR) is 140 cm³/mol. The predicted octanol–water partition coefficient (Wildman–Crippen LogP) is 5.16. The highest BCUT2D eigenvalue weighted by molar-refractivity contribution is 7.19. The number of carbonyl (C=O) groups excluding carboxylic acids is 2. The van der Waals surface area contributed by atoms with Crippen LogP contribution in [0.5, 0.6) is 5.75 Å². The number of aromatic nitrogens is 1. The van der Waals surface area contributed by atoms with Gasteiger partial charge < -0.3 is 24.3 Å². The molecule has 0 spiro atoms. The first-order valence-electron chi connectivity index (χ1n) is 12.8. The molecule has 0 radical (unpaired) electrons. The van der Waals surface area contributed by atoms with Crippen molar-refractivity contribution in [2.45, 2.75) is 50.0 Å². The summed E-state index contributed by atoms with van der Waals surface area (Å²) in [4.78, 5) is 29.9. The average Bonchev–Trinajstić information content (AvgIpc) is 3.62. The molecule has 2 aliphatic rings. The van der Waals surface area contributed by atoms with Crippen LogP contribution in [0.3, 0.4) is 0 Å². The van der Waals surface area contributed by atoms with Crippen molar-refractivity contribution in [1.82, 2.24) is 9.88 Å². The van der Waals surface area contributed by atoms with Crippen molar-refractivity contribution in [3.05, 3.63) is 65.2 Å². The summed E-state index contributed by atoms with van der Waals surface area (Å²) in [6, 6.07) is 12.6. The van der Waals surface area contributed by atoms with E-state index in [0.717, 1.165) is 16.5 Å². The summed E-state index contributed by atoms with van der Waals surface area (Å²) in [5.41, 5.74) is 0.0967. The minimum Gasteiger partial charge on any atom is -0.418 e. The topological polar surface area (TPSA) is 101 Å². The number of aromatic amines is 1. The number of benzene rings is 2. The van der Waals surface area contributed by atoms with Crippen LogP contribution < -0.4 is 4.74 Å². The summed E-state index contributed by atoms with van der Waals surface area (Å²) in [6.07, 6.45) is -3.00. The molecule has 2 N–H and O–H groups in total. The molecular weight excluding hydrogens is 549 g/mol. The Morgan fingerprint density at radius 1 is 1.15 bits per heavy atom. The Kier molecular flexibility index (Phi) is 6.51. The van der Waals surface area contributed by atoms with Gasteiger partial charge >= 0.3 is 24.1 Å². The normalized spacial score (nSPS) is 22.4. The molecule has 12 heteroatoms. The summed E-state index contributed by atoms with van der Waals surface area (Å²) in [7, 11) is 0. The number of thiophene rings is 1. The van der Waals surface area contributed by atoms with Gasteiger partial charge in [0.05, 0.1) is 5.56 Å². The maximum Gasteiger partial charge on any atom is 0.451 e. The molecule has 0 amide bonds. The van der Waals surface area contributed by atoms with E-state index in [1.165, 1.54) is 17.4 Å². The van der Waals surface area contributed by atoms with Crippen LogP contribution in [0, 0.1) is 0 Å². The van der Waals surface area contributed by atoms with Gasteiger partial charge in [-0.15, -0.1) is 11.3 Å². The van der Waals surface area contributed by atoms with Gasteiger partial charge in [0.1, 0.15) is 5.75 Å². The average molecular weight is 575 g/mol. The van der Waals surface area contributed by atoms with Gasteiger partial charge in [-0.3, -0.25) is 4.90 Å². The summed E-state index contributed by atoms with van der Waals surface area (Å²) in [5, 5.41) is 12.1. The number of likely N-dealkylation sites (tertiary alicyclic amines) is 1. The first-order chi connectivity index (χ1) is 19.0. The molecule has 4 aromatic rings. The molecule has 0 aliphatic carbocycles. The fourth-order valence-electron chi connectivity index (χ4n) is 5.52. The lowest BCUT2D eigenvalue weighted by atomic mass is 9.89. The molecular formula is C28H25F3N2O6S. The maximum absolute atomic E-state index is 13.5. The zero-order valence-corrected chi connectivity index (χ0v) is 22.1. The minimum absolute atomic E-state index is 0.0395. The van der Waals surface area contributed by atoms with Crippen LogP contribution in [0.4, 0.5) is 13.2 Å². The van der Waals surface area contributed by atoms with Gasteiger partial charge in [-0.25, -0.2) is 9.59 Å². The van der Waals surface area contributed by atoms with Gasteiger partial charge in [0.2, 0.25) is 0 Å². The summed E-state index contributed by atoms with van der Waals surface area (Å²) < 4.78 is 57.4. The van der Waals surface area contributed by atoms with E-state index < -0.39 is 35.8 Å². The second kappa shape index (κ2) is 9.79. The monoisotopic (exact) mass is 574 g/mol. The molecule has 2 saturated heterocycles. The standard InChI is InChI=1S/C28H25F3N2O6S/c1-15-12-16(23-13-18-19(27(29,30)31)4-2-7-22(18)40-23)9-11-33(15)14-24(34)28(38-25(35)26(36)39-28)37-21-6-3-5-20-17(21)8-10-32-20/h2-8,10,13,15-16,24,32,34H,9,11-12,14H2,1H3/t15-,16-,24-/m0/s1. The molecule has 8 nitrogen and oxygen atoms in total. The molecule has 2 aromatic heterocycles. The molecule has 6 rings (SSSR count). The Labute approximate surface area is 230 Å². The summed E-state index contributed by atoms with van der Waals surface area (Å²) in [6.45, 7) is 2.42. The van der Waals surface area contributed by atoms with Crippen LogP contribution in [0.15, 0.2) is 54.7 Å². The number of aliphatic hydroxyl groups is 1. The zero-order valence-electron chi connectivity index (χ0n) is 21.2. The molecule has 40 heavy (non-hydrogen) atoms. The van der Waals surface area contributed by atoms with Crippen LogP contribution in [-0.2, 0) is 25.2 Å². The molecule has 3 atom stereocenters. The number of carbonyl (C=O) groups is 2. The van der Waals surface area contributed by atoms with Crippen molar-refractivity contribution < 1.29 is 42.1 Å². The fraction of sp³-hybridized carbons (Fsp3) is 0.357. The van der Waals surface area contributed by atoms with Crippen molar-refractivity contribution in [3.63, 3.8) is 0 Å². The molecule has 0 saturated carbocycles. The highest BCUT2D eigenvalue weighted by atomic mass is 32.1. The van der Waals surface area contributed by atoms with Gasteiger partial charge in [0.15, 0.2) is 6.10 Å². The van der Waals surface area contributed by atoms with Gasteiger partial charge in [0, 0.05) is 44.6 Å².